The third-order valence-corrected chi connectivity index (χ3v) is 4.79. The first-order valence-corrected chi connectivity index (χ1v) is 8.29. The van der Waals surface area contributed by atoms with Crippen molar-refractivity contribution in [1.82, 2.24) is 4.98 Å². The van der Waals surface area contributed by atoms with Gasteiger partial charge in [-0.3, -0.25) is 4.98 Å². The Labute approximate surface area is 125 Å². The molecule has 2 unspecified atom stereocenters. The molecule has 1 heterocycles. The smallest absolute Gasteiger partial charge is 0.0410 e. The van der Waals surface area contributed by atoms with E-state index in [0.717, 1.165) is 29.7 Å². The first kappa shape index (κ1) is 15.0. The van der Waals surface area contributed by atoms with Crippen molar-refractivity contribution in [1.29, 1.82) is 0 Å². The van der Waals surface area contributed by atoms with E-state index >= 15 is 0 Å². The lowest BCUT2D eigenvalue weighted by Crippen LogP contribution is -2.41. The third kappa shape index (κ3) is 4.57. The number of pyridine rings is 1. The summed E-state index contributed by atoms with van der Waals surface area (Å²) in [5.74, 6) is 0.899. The van der Waals surface area contributed by atoms with E-state index < -0.39 is 0 Å². The molecule has 1 aromatic rings. The van der Waals surface area contributed by atoms with Crippen LogP contribution in [0.5, 0.6) is 0 Å². The van der Waals surface area contributed by atoms with Gasteiger partial charge in [0.15, 0.2) is 0 Å². The molecule has 1 aromatic heterocycles. The lowest BCUT2D eigenvalue weighted by atomic mass is 9.85. The van der Waals surface area contributed by atoms with Crippen LogP contribution in [0.15, 0.2) is 22.9 Å². The molecular weight excluding hydrogens is 300 g/mol. The van der Waals surface area contributed by atoms with Gasteiger partial charge in [-0.25, -0.2) is 0 Å². The minimum absolute atomic E-state index is 0.0229. The van der Waals surface area contributed by atoms with E-state index in [9.17, 15) is 0 Å². The first-order chi connectivity index (χ1) is 9.11. The third-order valence-electron chi connectivity index (χ3n) is 4.35. The van der Waals surface area contributed by atoms with Gasteiger partial charge in [-0.1, -0.05) is 32.6 Å². The number of halogens is 1. The zero-order valence-corrected chi connectivity index (χ0v) is 13.5. The molecule has 1 fully saturated rings. The van der Waals surface area contributed by atoms with Crippen molar-refractivity contribution >= 4 is 15.9 Å². The van der Waals surface area contributed by atoms with E-state index in [2.05, 4.69) is 33.9 Å². The van der Waals surface area contributed by atoms with Crippen molar-refractivity contribution in [2.75, 3.05) is 0 Å². The quantitative estimate of drug-likeness (QED) is 0.830. The van der Waals surface area contributed by atoms with E-state index in [1.54, 1.807) is 0 Å². The lowest BCUT2D eigenvalue weighted by Gasteiger charge is -2.28. The zero-order valence-electron chi connectivity index (χ0n) is 11.9. The van der Waals surface area contributed by atoms with Crippen LogP contribution < -0.4 is 5.73 Å². The van der Waals surface area contributed by atoms with Crippen molar-refractivity contribution in [3.05, 3.63) is 28.5 Å². The Hall–Kier alpha value is -0.410. The Balaban J connectivity index is 1.98. The van der Waals surface area contributed by atoms with Crippen LogP contribution in [0.2, 0.25) is 0 Å². The molecule has 1 aliphatic rings. The lowest BCUT2D eigenvalue weighted by molar-refractivity contribution is 0.355. The van der Waals surface area contributed by atoms with Crippen LogP contribution in [0.1, 0.15) is 57.4 Å². The van der Waals surface area contributed by atoms with Crippen molar-refractivity contribution in [3.63, 3.8) is 0 Å². The second-order valence-electron chi connectivity index (χ2n) is 6.14. The van der Waals surface area contributed by atoms with Crippen LogP contribution in [0, 0.1) is 5.92 Å². The summed E-state index contributed by atoms with van der Waals surface area (Å²) in [5.41, 5.74) is 7.89. The number of nitrogens with two attached hydrogens (primary N) is 1. The van der Waals surface area contributed by atoms with Gasteiger partial charge in [-0.15, -0.1) is 0 Å². The van der Waals surface area contributed by atoms with E-state index in [4.69, 9.17) is 5.73 Å². The maximum atomic E-state index is 6.66. The Kier molecular flexibility index (Phi) is 5.40. The summed E-state index contributed by atoms with van der Waals surface area (Å²) in [7, 11) is 0. The zero-order chi connectivity index (χ0) is 13.7. The fourth-order valence-corrected chi connectivity index (χ4v) is 3.75. The van der Waals surface area contributed by atoms with Crippen LogP contribution in [0.25, 0.3) is 0 Å². The highest BCUT2D eigenvalue weighted by molar-refractivity contribution is 9.10. The van der Waals surface area contributed by atoms with Crippen molar-refractivity contribution < 1.29 is 0 Å². The van der Waals surface area contributed by atoms with Gasteiger partial charge in [0.2, 0.25) is 0 Å². The van der Waals surface area contributed by atoms with Crippen LogP contribution in [-0.2, 0) is 6.42 Å². The molecule has 0 bridgehead atoms. The monoisotopic (exact) mass is 324 g/mol. The molecule has 3 heteroatoms. The Morgan fingerprint density at radius 1 is 1.37 bits per heavy atom. The van der Waals surface area contributed by atoms with E-state index in [0.29, 0.717) is 0 Å². The fraction of sp³-hybridized carbons (Fsp3) is 0.688. The van der Waals surface area contributed by atoms with Gasteiger partial charge in [0, 0.05) is 22.4 Å². The highest BCUT2D eigenvalue weighted by Crippen LogP contribution is 2.33. The van der Waals surface area contributed by atoms with Crippen LogP contribution >= 0.6 is 15.9 Å². The molecule has 0 aliphatic heterocycles. The predicted octanol–water partition coefficient (Wildman–Crippen LogP) is 4.46. The summed E-state index contributed by atoms with van der Waals surface area (Å²) < 4.78 is 1.05. The predicted molar refractivity (Wildman–Crippen MR) is 84.0 cm³/mol. The molecule has 0 aromatic carbocycles. The van der Waals surface area contributed by atoms with Gasteiger partial charge >= 0.3 is 0 Å². The molecule has 2 atom stereocenters. The summed E-state index contributed by atoms with van der Waals surface area (Å²) in [5, 5.41) is 0. The minimum atomic E-state index is -0.0229. The van der Waals surface area contributed by atoms with Crippen molar-refractivity contribution in [2.24, 2.45) is 11.7 Å². The maximum Gasteiger partial charge on any atom is 0.0410 e. The first-order valence-electron chi connectivity index (χ1n) is 7.49. The van der Waals surface area contributed by atoms with Gasteiger partial charge in [-0.2, -0.15) is 0 Å². The van der Waals surface area contributed by atoms with Gasteiger partial charge in [0.05, 0.1) is 0 Å². The van der Waals surface area contributed by atoms with Gasteiger partial charge in [0.25, 0.3) is 0 Å². The van der Waals surface area contributed by atoms with E-state index in [-0.39, 0.29) is 5.54 Å². The molecule has 19 heavy (non-hydrogen) atoms. The van der Waals surface area contributed by atoms with Crippen LogP contribution in [0.4, 0.5) is 0 Å². The fourth-order valence-electron chi connectivity index (χ4n) is 3.34. The molecule has 1 saturated carbocycles. The molecule has 0 spiro atoms. The van der Waals surface area contributed by atoms with Gasteiger partial charge < -0.3 is 5.73 Å². The summed E-state index contributed by atoms with van der Waals surface area (Å²) in [6.07, 6.45) is 13.7. The molecular formula is C16H25BrN2. The Morgan fingerprint density at radius 2 is 2.21 bits per heavy atom. The molecule has 2 N–H and O–H groups in total. The average molecular weight is 325 g/mol. The maximum absolute atomic E-state index is 6.66. The summed E-state index contributed by atoms with van der Waals surface area (Å²) in [6, 6.07) is 2.15. The molecule has 0 radical (unpaired) electrons. The second-order valence-corrected chi connectivity index (χ2v) is 7.05. The van der Waals surface area contributed by atoms with Crippen molar-refractivity contribution in [3.8, 4) is 0 Å². The molecule has 1 aliphatic carbocycles. The number of aromatic nitrogens is 1. The molecule has 106 valence electrons. The number of hydrogen-bond acceptors (Lipinski definition) is 2. The molecule has 2 rings (SSSR count). The van der Waals surface area contributed by atoms with E-state index in [1.807, 2.05) is 12.4 Å². The largest absolute Gasteiger partial charge is 0.325 e. The number of rotatable bonds is 4. The minimum Gasteiger partial charge on any atom is -0.325 e. The average Bonchev–Trinajstić information content (AvgIpc) is 2.53. The number of nitrogens with zero attached hydrogens (tertiary/aromatic N) is 1. The van der Waals surface area contributed by atoms with Crippen LogP contribution in [0.3, 0.4) is 0 Å². The highest BCUT2D eigenvalue weighted by atomic mass is 79.9. The molecule has 2 nitrogen and oxygen atoms in total. The summed E-state index contributed by atoms with van der Waals surface area (Å²) in [4.78, 5) is 4.25. The number of hydrogen-bond donors (Lipinski definition) is 1. The van der Waals surface area contributed by atoms with Gasteiger partial charge in [0.1, 0.15) is 0 Å². The van der Waals surface area contributed by atoms with E-state index in [1.165, 1.54) is 37.7 Å². The standard InChI is InChI=1S/C16H25BrN2/c1-2-4-13-5-3-7-16(18,8-6-13)10-14-9-15(17)12-19-11-14/h9,11-13H,2-8,10,18H2,1H3. The molecule has 0 saturated heterocycles. The van der Waals surface area contributed by atoms with Crippen molar-refractivity contribution in [2.45, 2.75) is 63.8 Å². The SMILES string of the molecule is CCCC1CCCC(N)(Cc2cncc(Br)c2)CC1. The molecule has 0 amide bonds. The Bertz CT molecular complexity index is 407. The topological polar surface area (TPSA) is 38.9 Å². The Morgan fingerprint density at radius 3 is 2.95 bits per heavy atom. The summed E-state index contributed by atoms with van der Waals surface area (Å²) >= 11 is 3.49. The normalized spacial score (nSPS) is 28.1. The van der Waals surface area contributed by atoms with Gasteiger partial charge in [-0.05, 0) is 59.2 Å². The second kappa shape index (κ2) is 6.85. The summed E-state index contributed by atoms with van der Waals surface area (Å²) in [6.45, 7) is 2.29. The van der Waals surface area contributed by atoms with Crippen LogP contribution in [-0.4, -0.2) is 10.5 Å². The highest BCUT2D eigenvalue weighted by Gasteiger charge is 2.29.